The van der Waals surface area contributed by atoms with Gasteiger partial charge in [-0.2, -0.15) is 0 Å². The minimum atomic E-state index is -1.21. The van der Waals surface area contributed by atoms with Crippen LogP contribution in [0.3, 0.4) is 0 Å². The molecule has 0 aliphatic rings. The molecule has 1 atom stereocenters. The van der Waals surface area contributed by atoms with Crippen molar-refractivity contribution < 1.29 is 23.9 Å². The lowest BCUT2D eigenvalue weighted by Crippen LogP contribution is -2.45. The summed E-state index contributed by atoms with van der Waals surface area (Å²) in [6, 6.07) is 21.2. The standard InChI is InChI=1S/C25H21FN2O4/c26-20-13-11-18(12-14-20)15-21(27-23(29)19-9-5-2-6-10-19)24(30)28-22(25(31)32)16-17-7-3-1-4-8-17/h1-15,22H,16H2,(H,27,29)(H,28,30)(H,31,32)/b21-15+/t22-/m0/s1. The van der Waals surface area contributed by atoms with Gasteiger partial charge in [0.25, 0.3) is 11.8 Å². The molecule has 2 amide bonds. The summed E-state index contributed by atoms with van der Waals surface area (Å²) in [4.78, 5) is 37.3. The number of carbonyl (C=O) groups excluding carboxylic acids is 2. The van der Waals surface area contributed by atoms with Crippen molar-refractivity contribution >= 4 is 23.9 Å². The van der Waals surface area contributed by atoms with Gasteiger partial charge in [-0.1, -0.05) is 60.7 Å². The van der Waals surface area contributed by atoms with Crippen LogP contribution in [0.2, 0.25) is 0 Å². The van der Waals surface area contributed by atoms with Crippen LogP contribution in [0.15, 0.2) is 90.6 Å². The quantitative estimate of drug-likeness (QED) is 0.476. The third kappa shape index (κ3) is 6.37. The van der Waals surface area contributed by atoms with Gasteiger partial charge in [0.15, 0.2) is 0 Å². The Labute approximate surface area is 184 Å². The molecule has 0 unspecified atom stereocenters. The monoisotopic (exact) mass is 432 g/mol. The fraction of sp³-hybridized carbons (Fsp3) is 0.0800. The predicted molar refractivity (Wildman–Crippen MR) is 118 cm³/mol. The third-order valence-electron chi connectivity index (χ3n) is 4.60. The number of rotatable bonds is 8. The number of hydrogen-bond acceptors (Lipinski definition) is 3. The molecule has 0 saturated heterocycles. The first kappa shape index (κ1) is 22.4. The van der Waals surface area contributed by atoms with Gasteiger partial charge in [-0.3, -0.25) is 9.59 Å². The van der Waals surface area contributed by atoms with Crippen LogP contribution in [-0.2, 0) is 16.0 Å². The summed E-state index contributed by atoms with van der Waals surface area (Å²) in [5.41, 5.74) is 1.35. The Balaban J connectivity index is 1.85. The van der Waals surface area contributed by atoms with Crippen LogP contribution < -0.4 is 10.6 Å². The second-order valence-electron chi connectivity index (χ2n) is 6.98. The Morgan fingerprint density at radius 1 is 0.875 bits per heavy atom. The van der Waals surface area contributed by atoms with E-state index in [1.165, 1.54) is 30.3 Å². The van der Waals surface area contributed by atoms with E-state index in [1.54, 1.807) is 60.7 Å². The molecule has 0 saturated carbocycles. The van der Waals surface area contributed by atoms with Gasteiger partial charge in [0.2, 0.25) is 0 Å². The second kappa shape index (κ2) is 10.7. The first-order valence-electron chi connectivity index (χ1n) is 9.83. The first-order valence-corrected chi connectivity index (χ1v) is 9.83. The van der Waals surface area contributed by atoms with E-state index in [2.05, 4.69) is 10.6 Å². The maximum absolute atomic E-state index is 13.2. The highest BCUT2D eigenvalue weighted by Gasteiger charge is 2.23. The van der Waals surface area contributed by atoms with Gasteiger partial charge < -0.3 is 15.7 Å². The van der Waals surface area contributed by atoms with Crippen molar-refractivity contribution in [3.63, 3.8) is 0 Å². The molecule has 0 radical (unpaired) electrons. The molecule has 0 fully saturated rings. The van der Waals surface area contributed by atoms with Crippen LogP contribution in [0.1, 0.15) is 21.5 Å². The molecular weight excluding hydrogens is 411 g/mol. The van der Waals surface area contributed by atoms with Crippen LogP contribution in [0.5, 0.6) is 0 Å². The van der Waals surface area contributed by atoms with Crippen LogP contribution in [0, 0.1) is 5.82 Å². The summed E-state index contributed by atoms with van der Waals surface area (Å²) < 4.78 is 13.2. The van der Waals surface area contributed by atoms with Gasteiger partial charge in [-0.05, 0) is 41.5 Å². The van der Waals surface area contributed by atoms with Gasteiger partial charge in [-0.25, -0.2) is 9.18 Å². The summed E-state index contributed by atoms with van der Waals surface area (Å²) in [5, 5.41) is 14.6. The summed E-state index contributed by atoms with van der Waals surface area (Å²) in [7, 11) is 0. The fourth-order valence-electron chi connectivity index (χ4n) is 2.95. The van der Waals surface area contributed by atoms with E-state index in [0.29, 0.717) is 11.1 Å². The van der Waals surface area contributed by atoms with Crippen molar-refractivity contribution in [2.45, 2.75) is 12.5 Å². The van der Waals surface area contributed by atoms with Crippen LogP contribution >= 0.6 is 0 Å². The molecule has 0 aliphatic heterocycles. The summed E-state index contributed by atoms with van der Waals surface area (Å²) >= 11 is 0. The molecule has 0 spiro atoms. The lowest BCUT2D eigenvalue weighted by molar-refractivity contribution is -0.141. The number of benzene rings is 3. The summed E-state index contributed by atoms with van der Waals surface area (Å²) in [6.07, 6.45) is 1.43. The molecule has 3 N–H and O–H groups in total. The molecule has 0 bridgehead atoms. The molecule has 3 aromatic carbocycles. The number of carbonyl (C=O) groups is 3. The third-order valence-corrected chi connectivity index (χ3v) is 4.60. The van der Waals surface area contributed by atoms with Crippen molar-refractivity contribution in [1.82, 2.24) is 10.6 Å². The Morgan fingerprint density at radius 2 is 1.47 bits per heavy atom. The van der Waals surface area contributed by atoms with Crippen molar-refractivity contribution in [3.8, 4) is 0 Å². The Kier molecular flexibility index (Phi) is 7.48. The maximum atomic E-state index is 13.2. The van der Waals surface area contributed by atoms with Crippen molar-refractivity contribution in [2.75, 3.05) is 0 Å². The SMILES string of the molecule is O=C(N[C@@H](Cc1ccccc1)C(=O)O)/C(=C\c1ccc(F)cc1)NC(=O)c1ccccc1. The first-order chi connectivity index (χ1) is 15.4. The van der Waals surface area contributed by atoms with E-state index in [-0.39, 0.29) is 12.1 Å². The molecular formula is C25H21FN2O4. The van der Waals surface area contributed by atoms with Crippen molar-refractivity contribution in [2.24, 2.45) is 0 Å². The van der Waals surface area contributed by atoms with E-state index in [0.717, 1.165) is 5.56 Å². The zero-order chi connectivity index (χ0) is 22.9. The molecule has 7 heteroatoms. The Hall–Kier alpha value is -4.26. The smallest absolute Gasteiger partial charge is 0.326 e. The lowest BCUT2D eigenvalue weighted by Gasteiger charge is -2.17. The van der Waals surface area contributed by atoms with Crippen LogP contribution in [-0.4, -0.2) is 28.9 Å². The molecule has 0 aromatic heterocycles. The average molecular weight is 432 g/mol. The normalized spacial score (nSPS) is 12.0. The van der Waals surface area contributed by atoms with Crippen molar-refractivity contribution in [1.29, 1.82) is 0 Å². The number of amides is 2. The van der Waals surface area contributed by atoms with Gasteiger partial charge in [0, 0.05) is 12.0 Å². The van der Waals surface area contributed by atoms with Gasteiger partial charge in [0.1, 0.15) is 17.6 Å². The molecule has 162 valence electrons. The van der Waals surface area contributed by atoms with Gasteiger partial charge in [0.05, 0.1) is 0 Å². The average Bonchev–Trinajstić information content (AvgIpc) is 2.80. The minimum Gasteiger partial charge on any atom is -0.480 e. The molecule has 3 rings (SSSR count). The largest absolute Gasteiger partial charge is 0.480 e. The molecule has 32 heavy (non-hydrogen) atoms. The summed E-state index contributed by atoms with van der Waals surface area (Å²) in [5.74, 6) is -2.97. The van der Waals surface area contributed by atoms with E-state index in [4.69, 9.17) is 0 Å². The zero-order valence-electron chi connectivity index (χ0n) is 17.0. The van der Waals surface area contributed by atoms with E-state index in [9.17, 15) is 23.9 Å². The lowest BCUT2D eigenvalue weighted by atomic mass is 10.1. The van der Waals surface area contributed by atoms with Crippen molar-refractivity contribution in [3.05, 3.63) is 113 Å². The highest BCUT2D eigenvalue weighted by molar-refractivity contribution is 6.06. The molecule has 3 aromatic rings. The number of aliphatic carboxylic acids is 1. The molecule has 6 nitrogen and oxygen atoms in total. The minimum absolute atomic E-state index is 0.0678. The number of hydrogen-bond donors (Lipinski definition) is 3. The van der Waals surface area contributed by atoms with Crippen LogP contribution in [0.25, 0.3) is 6.08 Å². The highest BCUT2D eigenvalue weighted by atomic mass is 19.1. The predicted octanol–water partition coefficient (Wildman–Crippen LogP) is 3.41. The van der Waals surface area contributed by atoms with Crippen LogP contribution in [0.4, 0.5) is 4.39 Å². The highest BCUT2D eigenvalue weighted by Crippen LogP contribution is 2.10. The molecule has 0 aliphatic carbocycles. The number of carboxylic acid groups (broad SMARTS) is 1. The zero-order valence-corrected chi connectivity index (χ0v) is 17.0. The number of nitrogens with one attached hydrogen (secondary N) is 2. The second-order valence-corrected chi connectivity index (χ2v) is 6.98. The number of halogens is 1. The van der Waals surface area contributed by atoms with E-state index < -0.39 is 29.6 Å². The fourth-order valence-corrected chi connectivity index (χ4v) is 2.95. The van der Waals surface area contributed by atoms with Gasteiger partial charge >= 0.3 is 5.97 Å². The Bertz CT molecular complexity index is 1110. The number of carboxylic acids is 1. The molecule has 0 heterocycles. The van der Waals surface area contributed by atoms with E-state index in [1.807, 2.05) is 0 Å². The van der Waals surface area contributed by atoms with Gasteiger partial charge in [-0.15, -0.1) is 0 Å². The summed E-state index contributed by atoms with van der Waals surface area (Å²) in [6.45, 7) is 0. The van der Waals surface area contributed by atoms with E-state index >= 15 is 0 Å². The topological polar surface area (TPSA) is 95.5 Å². The maximum Gasteiger partial charge on any atom is 0.326 e. The Morgan fingerprint density at radius 3 is 2.06 bits per heavy atom.